The normalized spacial score (nSPS) is 14.1. The molecule has 0 bridgehead atoms. The molecule has 1 heteroatoms. The Bertz CT molecular complexity index is 303. The first kappa shape index (κ1) is 9.83. The van der Waals surface area contributed by atoms with E-state index >= 15 is 0 Å². The van der Waals surface area contributed by atoms with Crippen LogP contribution in [0, 0.1) is 11.8 Å². The van der Waals surface area contributed by atoms with Crippen LogP contribution in [0.2, 0.25) is 0 Å². The van der Waals surface area contributed by atoms with Crippen LogP contribution in [0.1, 0.15) is 25.3 Å². The first-order chi connectivity index (χ1) is 6.20. The largest absolute Gasteiger partial charge is 0.381 e. The maximum absolute atomic E-state index is 8.97. The summed E-state index contributed by atoms with van der Waals surface area (Å²) in [6.45, 7) is 3.70. The molecule has 0 aromatic heterocycles. The van der Waals surface area contributed by atoms with Crippen molar-refractivity contribution in [3.05, 3.63) is 35.9 Å². The van der Waals surface area contributed by atoms with Crippen LogP contribution in [0.3, 0.4) is 0 Å². The Hall–Kier alpha value is -1.26. The summed E-state index contributed by atoms with van der Waals surface area (Å²) in [5, 5.41) is 8.97. The van der Waals surface area contributed by atoms with Gasteiger partial charge in [-0.1, -0.05) is 42.2 Å². The highest BCUT2D eigenvalue weighted by atomic mass is 16.3. The van der Waals surface area contributed by atoms with Gasteiger partial charge in [0.15, 0.2) is 0 Å². The van der Waals surface area contributed by atoms with Gasteiger partial charge in [-0.2, -0.15) is 0 Å². The first-order valence-corrected chi connectivity index (χ1v) is 4.44. The van der Waals surface area contributed by atoms with Crippen molar-refractivity contribution in [3.63, 3.8) is 0 Å². The number of rotatable bonds is 1. The van der Waals surface area contributed by atoms with Gasteiger partial charge in [-0.15, -0.1) is 0 Å². The monoisotopic (exact) mass is 174 g/mol. The van der Waals surface area contributed by atoms with Gasteiger partial charge in [0.25, 0.3) is 0 Å². The molecule has 13 heavy (non-hydrogen) atoms. The van der Waals surface area contributed by atoms with Gasteiger partial charge in [0, 0.05) is 5.92 Å². The van der Waals surface area contributed by atoms with Crippen molar-refractivity contribution < 1.29 is 5.11 Å². The highest BCUT2D eigenvalue weighted by Gasteiger charge is 1.99. The lowest BCUT2D eigenvalue weighted by Gasteiger charge is -2.02. The summed E-state index contributed by atoms with van der Waals surface area (Å²) in [4.78, 5) is 0. The molecule has 1 rings (SSSR count). The zero-order valence-electron chi connectivity index (χ0n) is 7.99. The Morgan fingerprint density at radius 3 is 2.23 bits per heavy atom. The minimum Gasteiger partial charge on any atom is -0.381 e. The highest BCUT2D eigenvalue weighted by Crippen LogP contribution is 2.12. The Labute approximate surface area is 79.4 Å². The lowest BCUT2D eigenvalue weighted by molar-refractivity contribution is 0.253. The Kier molecular flexibility index (Phi) is 3.54. The van der Waals surface area contributed by atoms with Gasteiger partial charge in [-0.3, -0.25) is 0 Å². The fraction of sp³-hybridized carbons (Fsp3) is 0.333. The number of aliphatic hydroxyl groups is 1. The van der Waals surface area contributed by atoms with E-state index in [1.165, 1.54) is 5.56 Å². The molecule has 0 saturated heterocycles. The van der Waals surface area contributed by atoms with Crippen LogP contribution in [-0.2, 0) is 0 Å². The summed E-state index contributed by atoms with van der Waals surface area (Å²) >= 11 is 0. The number of benzene rings is 1. The number of hydrogen-bond donors (Lipinski definition) is 1. The molecule has 0 heterocycles. The van der Waals surface area contributed by atoms with Crippen LogP contribution in [0.25, 0.3) is 0 Å². The quantitative estimate of drug-likeness (QED) is 0.647. The summed E-state index contributed by atoms with van der Waals surface area (Å²) in [5.74, 6) is 5.94. The van der Waals surface area contributed by atoms with Crippen molar-refractivity contribution >= 4 is 0 Å². The molecule has 0 saturated carbocycles. The van der Waals surface area contributed by atoms with Crippen molar-refractivity contribution in [3.8, 4) is 11.8 Å². The van der Waals surface area contributed by atoms with Gasteiger partial charge in [-0.05, 0) is 19.4 Å². The van der Waals surface area contributed by atoms with Crippen molar-refractivity contribution in [2.75, 3.05) is 0 Å². The summed E-state index contributed by atoms with van der Waals surface area (Å²) < 4.78 is 0. The van der Waals surface area contributed by atoms with Crippen LogP contribution in [0.5, 0.6) is 0 Å². The lowest BCUT2D eigenvalue weighted by Crippen LogP contribution is -1.95. The molecule has 1 N–H and O–H groups in total. The zero-order chi connectivity index (χ0) is 9.68. The van der Waals surface area contributed by atoms with Crippen molar-refractivity contribution in [1.82, 2.24) is 0 Å². The molecular formula is C12H14O. The van der Waals surface area contributed by atoms with E-state index in [9.17, 15) is 0 Å². The Balaban J connectivity index is 2.71. The van der Waals surface area contributed by atoms with Gasteiger partial charge < -0.3 is 5.11 Å². The van der Waals surface area contributed by atoms with E-state index < -0.39 is 6.10 Å². The molecule has 1 nitrogen and oxygen atoms in total. The third-order valence-corrected chi connectivity index (χ3v) is 1.81. The van der Waals surface area contributed by atoms with Crippen molar-refractivity contribution in [2.45, 2.75) is 25.9 Å². The standard InChI is InChI=1S/C12H14O/c1-10(8-9-11(2)13)12-6-4-3-5-7-12/h3-7,10-11,13H,1-2H3/t10-,11+/m0/s1. The average Bonchev–Trinajstić information content (AvgIpc) is 2.15. The van der Waals surface area contributed by atoms with Crippen molar-refractivity contribution in [2.24, 2.45) is 0 Å². The molecule has 0 aliphatic heterocycles. The Morgan fingerprint density at radius 1 is 1.08 bits per heavy atom. The number of aliphatic hydroxyl groups excluding tert-OH is 1. The Morgan fingerprint density at radius 2 is 1.69 bits per heavy atom. The molecule has 0 unspecified atom stereocenters. The summed E-state index contributed by atoms with van der Waals surface area (Å²) in [6.07, 6.45) is -0.536. The molecule has 0 amide bonds. The third kappa shape index (κ3) is 3.31. The van der Waals surface area contributed by atoms with Crippen molar-refractivity contribution in [1.29, 1.82) is 0 Å². The smallest absolute Gasteiger partial charge is 0.111 e. The van der Waals surface area contributed by atoms with E-state index in [1.807, 2.05) is 37.3 Å². The van der Waals surface area contributed by atoms with Crippen LogP contribution in [0.15, 0.2) is 30.3 Å². The minimum atomic E-state index is -0.536. The predicted molar refractivity (Wildman–Crippen MR) is 54.3 cm³/mol. The van der Waals surface area contributed by atoms with Crippen LogP contribution in [-0.4, -0.2) is 11.2 Å². The molecule has 0 spiro atoms. The second-order valence-electron chi connectivity index (χ2n) is 3.10. The molecule has 1 aromatic rings. The van der Waals surface area contributed by atoms with Gasteiger partial charge >= 0.3 is 0 Å². The molecule has 0 radical (unpaired) electrons. The summed E-state index contributed by atoms with van der Waals surface area (Å²) in [5.41, 5.74) is 1.19. The van der Waals surface area contributed by atoms with Crippen LogP contribution in [0.4, 0.5) is 0 Å². The molecule has 2 atom stereocenters. The van der Waals surface area contributed by atoms with E-state index in [1.54, 1.807) is 6.92 Å². The first-order valence-electron chi connectivity index (χ1n) is 4.44. The second kappa shape index (κ2) is 4.69. The maximum atomic E-state index is 8.97. The molecule has 1 aromatic carbocycles. The fourth-order valence-electron chi connectivity index (χ4n) is 1.07. The fourth-order valence-corrected chi connectivity index (χ4v) is 1.07. The molecular weight excluding hydrogens is 160 g/mol. The van der Waals surface area contributed by atoms with E-state index in [0.29, 0.717) is 0 Å². The minimum absolute atomic E-state index is 0.191. The highest BCUT2D eigenvalue weighted by molar-refractivity contribution is 5.27. The van der Waals surface area contributed by atoms with Gasteiger partial charge in [-0.25, -0.2) is 0 Å². The summed E-state index contributed by atoms with van der Waals surface area (Å²) in [7, 11) is 0. The van der Waals surface area contributed by atoms with Crippen LogP contribution < -0.4 is 0 Å². The topological polar surface area (TPSA) is 20.2 Å². The summed E-state index contributed by atoms with van der Waals surface area (Å²) in [6, 6.07) is 10.1. The van der Waals surface area contributed by atoms with Gasteiger partial charge in [0.1, 0.15) is 6.10 Å². The van der Waals surface area contributed by atoms with E-state index in [2.05, 4.69) is 11.8 Å². The van der Waals surface area contributed by atoms with Gasteiger partial charge in [0.05, 0.1) is 0 Å². The maximum Gasteiger partial charge on any atom is 0.111 e. The molecule has 0 aliphatic carbocycles. The zero-order valence-corrected chi connectivity index (χ0v) is 7.99. The lowest BCUT2D eigenvalue weighted by atomic mass is 10.0. The SMILES string of the molecule is C[C@@H](O)C#C[C@H](C)c1ccccc1. The predicted octanol–water partition coefficient (Wildman–Crippen LogP) is 2.17. The van der Waals surface area contributed by atoms with Gasteiger partial charge in [0.2, 0.25) is 0 Å². The molecule has 0 fully saturated rings. The van der Waals surface area contributed by atoms with E-state index in [-0.39, 0.29) is 5.92 Å². The molecule has 68 valence electrons. The van der Waals surface area contributed by atoms with Crippen LogP contribution >= 0.6 is 0 Å². The van der Waals surface area contributed by atoms with E-state index in [0.717, 1.165) is 0 Å². The average molecular weight is 174 g/mol. The van der Waals surface area contributed by atoms with E-state index in [4.69, 9.17) is 5.11 Å². The second-order valence-corrected chi connectivity index (χ2v) is 3.10. The number of hydrogen-bond acceptors (Lipinski definition) is 1. The molecule has 0 aliphatic rings. The third-order valence-electron chi connectivity index (χ3n) is 1.81.